The Labute approximate surface area is 244 Å². The van der Waals surface area contributed by atoms with Gasteiger partial charge in [-0.1, -0.05) is 72.3 Å². The van der Waals surface area contributed by atoms with E-state index < -0.39 is 17.7 Å². The van der Waals surface area contributed by atoms with Crippen LogP contribution < -0.4 is 9.64 Å². The minimum atomic E-state index is -0.856. The number of Topliss-reactive ketones (excluding diaryl/α,β-unsaturated/α-hetero) is 1. The number of aliphatic hydroxyl groups is 1. The number of rotatable bonds is 8. The van der Waals surface area contributed by atoms with Gasteiger partial charge in [-0.05, 0) is 66.4 Å². The van der Waals surface area contributed by atoms with Gasteiger partial charge in [-0.2, -0.15) is 0 Å². The van der Waals surface area contributed by atoms with Crippen LogP contribution in [-0.2, 0) is 32.1 Å². The zero-order valence-electron chi connectivity index (χ0n) is 23.7. The highest BCUT2D eigenvalue weighted by molar-refractivity contribution is 6.51. The van der Waals surface area contributed by atoms with Crippen molar-refractivity contribution in [2.45, 2.75) is 32.9 Å². The second-order valence-electron chi connectivity index (χ2n) is 10.3. The van der Waals surface area contributed by atoms with Crippen LogP contribution >= 0.6 is 0 Å². The van der Waals surface area contributed by atoms with Crippen LogP contribution in [0, 0.1) is 13.8 Å². The number of hydrogen-bond donors (Lipinski definition) is 1. The molecular formula is C35H31NO6. The summed E-state index contributed by atoms with van der Waals surface area (Å²) >= 11 is 0. The molecule has 1 atom stereocenters. The SMILES string of the molecule is COC(=O)Cc1ccc(N2C(=O)C(=O)/C(=C(\O)c3ccc(OCc4ccccc4)c(C)c3)C2c2cccc(C)c2)cc1. The Morgan fingerprint density at radius 3 is 2.26 bits per heavy atom. The molecule has 1 amide bonds. The van der Waals surface area contributed by atoms with Crippen molar-refractivity contribution >= 4 is 29.1 Å². The van der Waals surface area contributed by atoms with Crippen LogP contribution in [0.15, 0.2) is 103 Å². The summed E-state index contributed by atoms with van der Waals surface area (Å²) < 4.78 is 10.7. The lowest BCUT2D eigenvalue weighted by Crippen LogP contribution is -2.29. The van der Waals surface area contributed by atoms with Crippen LogP contribution in [0.5, 0.6) is 5.75 Å². The molecule has 0 saturated carbocycles. The summed E-state index contributed by atoms with van der Waals surface area (Å²) in [5.41, 5.74) is 5.02. The number of hydrogen-bond acceptors (Lipinski definition) is 6. The fraction of sp³-hybridized carbons (Fsp3) is 0.171. The molecule has 42 heavy (non-hydrogen) atoms. The van der Waals surface area contributed by atoms with Gasteiger partial charge in [-0.25, -0.2) is 0 Å². The van der Waals surface area contributed by atoms with Gasteiger partial charge in [-0.3, -0.25) is 19.3 Å². The van der Waals surface area contributed by atoms with Crippen molar-refractivity contribution in [2.24, 2.45) is 0 Å². The van der Waals surface area contributed by atoms with Gasteiger partial charge in [0.05, 0.1) is 25.1 Å². The third-order valence-electron chi connectivity index (χ3n) is 7.28. The third kappa shape index (κ3) is 5.81. The highest BCUT2D eigenvalue weighted by atomic mass is 16.5. The van der Waals surface area contributed by atoms with Gasteiger partial charge < -0.3 is 14.6 Å². The molecule has 7 heteroatoms. The Hall–Kier alpha value is -5.17. The minimum Gasteiger partial charge on any atom is -0.507 e. The maximum atomic E-state index is 13.5. The molecule has 1 aliphatic heterocycles. The predicted octanol–water partition coefficient (Wildman–Crippen LogP) is 6.22. The fourth-order valence-corrected chi connectivity index (χ4v) is 5.12. The Morgan fingerprint density at radius 1 is 0.857 bits per heavy atom. The molecule has 4 aromatic carbocycles. The molecule has 1 saturated heterocycles. The summed E-state index contributed by atoms with van der Waals surface area (Å²) in [6, 6.07) is 28.5. The van der Waals surface area contributed by atoms with E-state index in [-0.39, 0.29) is 23.7 Å². The second-order valence-corrected chi connectivity index (χ2v) is 10.3. The van der Waals surface area contributed by atoms with Gasteiger partial charge in [0.15, 0.2) is 0 Å². The highest BCUT2D eigenvalue weighted by Crippen LogP contribution is 2.42. The van der Waals surface area contributed by atoms with E-state index in [2.05, 4.69) is 0 Å². The number of carbonyl (C=O) groups excluding carboxylic acids is 3. The molecule has 1 fully saturated rings. The summed E-state index contributed by atoms with van der Waals surface area (Å²) in [7, 11) is 1.32. The molecule has 0 spiro atoms. The summed E-state index contributed by atoms with van der Waals surface area (Å²) in [6.07, 6.45) is 0.0846. The standard InChI is InChI=1S/C35H31NO6/c1-22-8-7-11-26(18-22)32-31(34(39)35(40)36(32)28-15-12-24(13-16-28)20-30(37)41-3)33(38)27-14-17-29(23(2)19-27)42-21-25-9-5-4-6-10-25/h4-19,32,38H,20-21H2,1-3H3/b33-31-. The van der Waals surface area contributed by atoms with Crippen LogP contribution in [0.2, 0.25) is 0 Å². The van der Waals surface area contributed by atoms with Gasteiger partial charge in [0, 0.05) is 11.3 Å². The Kier molecular flexibility index (Phi) is 8.20. The first-order valence-electron chi connectivity index (χ1n) is 13.6. The van der Waals surface area contributed by atoms with Crippen molar-refractivity contribution in [3.05, 3.63) is 136 Å². The zero-order chi connectivity index (χ0) is 29.8. The van der Waals surface area contributed by atoms with E-state index in [4.69, 9.17) is 9.47 Å². The topological polar surface area (TPSA) is 93.1 Å². The molecule has 5 rings (SSSR count). The highest BCUT2D eigenvalue weighted by Gasteiger charge is 2.47. The zero-order valence-corrected chi connectivity index (χ0v) is 23.7. The van der Waals surface area contributed by atoms with E-state index in [9.17, 15) is 19.5 Å². The number of nitrogens with zero attached hydrogens (tertiary/aromatic N) is 1. The maximum absolute atomic E-state index is 13.5. The first kappa shape index (κ1) is 28.4. The number of amides is 1. The summed E-state index contributed by atoms with van der Waals surface area (Å²) in [5, 5.41) is 11.6. The molecular weight excluding hydrogens is 530 g/mol. The lowest BCUT2D eigenvalue weighted by Gasteiger charge is -2.26. The van der Waals surface area contributed by atoms with Gasteiger partial charge in [0.1, 0.15) is 18.1 Å². The van der Waals surface area contributed by atoms with E-state index in [1.54, 1.807) is 42.5 Å². The minimum absolute atomic E-state index is 0.00147. The molecule has 212 valence electrons. The number of aliphatic hydroxyl groups excluding tert-OH is 1. The van der Waals surface area contributed by atoms with Crippen molar-refractivity contribution in [3.63, 3.8) is 0 Å². The molecule has 0 radical (unpaired) electrons. The van der Waals surface area contributed by atoms with Gasteiger partial charge in [0.25, 0.3) is 11.7 Å². The molecule has 1 heterocycles. The number of ketones is 1. The molecule has 0 bridgehead atoms. The van der Waals surface area contributed by atoms with Crippen molar-refractivity contribution in [2.75, 3.05) is 12.0 Å². The first-order valence-corrected chi connectivity index (χ1v) is 13.6. The largest absolute Gasteiger partial charge is 0.507 e. The first-order chi connectivity index (χ1) is 20.3. The maximum Gasteiger partial charge on any atom is 0.309 e. The van der Waals surface area contributed by atoms with E-state index >= 15 is 0 Å². The fourth-order valence-electron chi connectivity index (χ4n) is 5.12. The lowest BCUT2D eigenvalue weighted by molar-refractivity contribution is -0.139. The number of aryl methyl sites for hydroxylation is 2. The van der Waals surface area contributed by atoms with Crippen LogP contribution in [0.1, 0.15) is 39.4 Å². The lowest BCUT2D eigenvalue weighted by atomic mass is 9.93. The van der Waals surface area contributed by atoms with Gasteiger partial charge in [0.2, 0.25) is 0 Å². The Balaban J connectivity index is 1.53. The van der Waals surface area contributed by atoms with Gasteiger partial charge in [-0.15, -0.1) is 0 Å². The van der Waals surface area contributed by atoms with Crippen LogP contribution in [0.4, 0.5) is 5.69 Å². The number of anilines is 1. The van der Waals surface area contributed by atoms with Crippen molar-refractivity contribution < 1.29 is 29.0 Å². The second kappa shape index (κ2) is 12.1. The number of carbonyl (C=O) groups is 3. The average Bonchev–Trinajstić information content (AvgIpc) is 3.26. The normalized spacial score (nSPS) is 16.0. The Bertz CT molecular complexity index is 1670. The summed E-state index contributed by atoms with van der Waals surface area (Å²) in [6.45, 7) is 4.18. The molecule has 4 aromatic rings. The van der Waals surface area contributed by atoms with E-state index in [1.807, 2.05) is 68.4 Å². The van der Waals surface area contributed by atoms with E-state index in [1.165, 1.54) is 12.0 Å². The van der Waals surface area contributed by atoms with E-state index in [0.29, 0.717) is 34.7 Å². The van der Waals surface area contributed by atoms with Gasteiger partial charge >= 0.3 is 5.97 Å². The van der Waals surface area contributed by atoms with Crippen molar-refractivity contribution in [1.29, 1.82) is 0 Å². The molecule has 0 aliphatic carbocycles. The third-order valence-corrected chi connectivity index (χ3v) is 7.28. The molecule has 1 N–H and O–H groups in total. The molecule has 1 unspecified atom stereocenters. The van der Waals surface area contributed by atoms with Crippen molar-refractivity contribution in [1.82, 2.24) is 0 Å². The number of ether oxygens (including phenoxy) is 2. The summed E-state index contributed by atoms with van der Waals surface area (Å²) in [4.78, 5) is 40.2. The van der Waals surface area contributed by atoms with E-state index in [0.717, 1.165) is 16.7 Å². The van der Waals surface area contributed by atoms with Crippen LogP contribution in [-0.4, -0.2) is 29.9 Å². The molecule has 7 nitrogen and oxygen atoms in total. The Morgan fingerprint density at radius 2 is 1.60 bits per heavy atom. The van der Waals surface area contributed by atoms with Crippen molar-refractivity contribution in [3.8, 4) is 5.75 Å². The quantitative estimate of drug-likeness (QED) is 0.119. The molecule has 0 aromatic heterocycles. The smallest absolute Gasteiger partial charge is 0.309 e. The van der Waals surface area contributed by atoms with Crippen LogP contribution in [0.3, 0.4) is 0 Å². The predicted molar refractivity (Wildman–Crippen MR) is 160 cm³/mol. The molecule has 1 aliphatic rings. The number of benzene rings is 4. The number of methoxy groups -OCH3 is 1. The monoisotopic (exact) mass is 561 g/mol. The van der Waals surface area contributed by atoms with Crippen LogP contribution in [0.25, 0.3) is 5.76 Å². The number of esters is 1. The average molecular weight is 562 g/mol. The summed E-state index contributed by atoms with van der Waals surface area (Å²) in [5.74, 6) is -1.52.